The molecule has 18 heavy (non-hydrogen) atoms. The lowest BCUT2D eigenvalue weighted by Gasteiger charge is -2.05. The maximum Gasteiger partial charge on any atom is 0.355 e. The van der Waals surface area contributed by atoms with Crippen LogP contribution >= 0.6 is 0 Å². The Morgan fingerprint density at radius 3 is 2.83 bits per heavy atom. The summed E-state index contributed by atoms with van der Waals surface area (Å²) in [6, 6.07) is 5.86. The van der Waals surface area contributed by atoms with Crippen LogP contribution < -0.4 is 4.89 Å². The summed E-state index contributed by atoms with van der Waals surface area (Å²) in [5.41, 5.74) is 0.136. The molecule has 1 rings (SSSR count). The van der Waals surface area contributed by atoms with Crippen LogP contribution in [-0.2, 0) is 9.68 Å². The normalized spacial score (nSPS) is 9.56. The molecule has 0 bridgehead atoms. The van der Waals surface area contributed by atoms with Crippen LogP contribution in [0.3, 0.4) is 0 Å². The molecule has 5 nitrogen and oxygen atoms in total. The van der Waals surface area contributed by atoms with Gasteiger partial charge in [-0.25, -0.2) is 4.79 Å². The van der Waals surface area contributed by atoms with E-state index in [4.69, 9.17) is 10.1 Å². The fourth-order valence-corrected chi connectivity index (χ4v) is 1.31. The van der Waals surface area contributed by atoms with Crippen molar-refractivity contribution in [3.8, 4) is 17.6 Å². The first-order chi connectivity index (χ1) is 8.67. The standard InChI is InChI=1S/C13H15NO4/c1-2-3-4-5-13(16)18-17-11-7-6-10(9-14)12(15)8-11/h6-8,15H,2-5H2,1H3. The number of nitrogens with zero attached hydrogens (tertiary/aromatic N) is 1. The average Bonchev–Trinajstić information content (AvgIpc) is 2.37. The number of carbonyl (C=O) groups is 1. The molecular weight excluding hydrogens is 234 g/mol. The summed E-state index contributed by atoms with van der Waals surface area (Å²) in [7, 11) is 0. The van der Waals surface area contributed by atoms with E-state index in [-0.39, 0.29) is 17.1 Å². The summed E-state index contributed by atoms with van der Waals surface area (Å²) in [5, 5.41) is 18.0. The van der Waals surface area contributed by atoms with Gasteiger partial charge in [0.15, 0.2) is 5.75 Å². The van der Waals surface area contributed by atoms with Crippen LogP contribution in [0.25, 0.3) is 0 Å². The van der Waals surface area contributed by atoms with E-state index >= 15 is 0 Å². The molecule has 0 amide bonds. The third-order valence-electron chi connectivity index (χ3n) is 2.30. The number of hydrogen-bond acceptors (Lipinski definition) is 5. The Kier molecular flexibility index (Phi) is 5.52. The second-order valence-electron chi connectivity index (χ2n) is 3.79. The monoisotopic (exact) mass is 249 g/mol. The summed E-state index contributed by atoms with van der Waals surface area (Å²) in [5.74, 6) is -0.486. The number of unbranched alkanes of at least 4 members (excludes halogenated alkanes) is 2. The van der Waals surface area contributed by atoms with Gasteiger partial charge in [0, 0.05) is 6.07 Å². The summed E-state index contributed by atoms with van der Waals surface area (Å²) >= 11 is 0. The molecule has 1 N–H and O–H groups in total. The van der Waals surface area contributed by atoms with Gasteiger partial charge >= 0.3 is 5.97 Å². The number of hydrogen-bond donors (Lipinski definition) is 1. The zero-order chi connectivity index (χ0) is 13.4. The summed E-state index contributed by atoms with van der Waals surface area (Å²) in [6.45, 7) is 2.04. The van der Waals surface area contributed by atoms with Crippen LogP contribution in [0.2, 0.25) is 0 Å². The van der Waals surface area contributed by atoms with Crippen molar-refractivity contribution < 1.29 is 19.7 Å². The topological polar surface area (TPSA) is 79.5 Å². The number of rotatable bonds is 6. The van der Waals surface area contributed by atoms with Gasteiger partial charge in [-0.2, -0.15) is 5.26 Å². The Labute approximate surface area is 105 Å². The summed E-state index contributed by atoms with van der Waals surface area (Å²) in [4.78, 5) is 20.6. The Hall–Kier alpha value is -2.22. The van der Waals surface area contributed by atoms with Crippen molar-refractivity contribution in [3.05, 3.63) is 23.8 Å². The smallest absolute Gasteiger partial charge is 0.355 e. The first-order valence-electron chi connectivity index (χ1n) is 5.77. The lowest BCUT2D eigenvalue weighted by Crippen LogP contribution is -2.07. The van der Waals surface area contributed by atoms with Gasteiger partial charge in [0.25, 0.3) is 0 Å². The summed E-state index contributed by atoms with van der Waals surface area (Å²) in [6.07, 6.45) is 3.05. The van der Waals surface area contributed by atoms with Gasteiger partial charge in [0.2, 0.25) is 0 Å². The van der Waals surface area contributed by atoms with Crippen molar-refractivity contribution in [3.63, 3.8) is 0 Å². The number of nitriles is 1. The minimum atomic E-state index is -0.452. The first kappa shape index (κ1) is 13.8. The van der Waals surface area contributed by atoms with Crippen molar-refractivity contribution >= 4 is 5.97 Å². The highest BCUT2D eigenvalue weighted by Crippen LogP contribution is 2.22. The van der Waals surface area contributed by atoms with E-state index in [2.05, 4.69) is 4.89 Å². The van der Waals surface area contributed by atoms with Crippen LogP contribution in [0.5, 0.6) is 11.5 Å². The molecule has 0 unspecified atom stereocenters. The molecule has 0 atom stereocenters. The van der Waals surface area contributed by atoms with Crippen molar-refractivity contribution in [1.29, 1.82) is 5.26 Å². The fraction of sp³-hybridized carbons (Fsp3) is 0.385. The molecule has 96 valence electrons. The van der Waals surface area contributed by atoms with Crippen LogP contribution in [0.1, 0.15) is 38.2 Å². The maximum atomic E-state index is 11.2. The summed E-state index contributed by atoms with van der Waals surface area (Å²) < 4.78 is 0. The van der Waals surface area contributed by atoms with Crippen molar-refractivity contribution in [2.45, 2.75) is 32.6 Å². The molecule has 0 spiro atoms. The van der Waals surface area contributed by atoms with E-state index in [0.29, 0.717) is 6.42 Å². The zero-order valence-corrected chi connectivity index (χ0v) is 10.2. The Bertz CT molecular complexity index is 451. The van der Waals surface area contributed by atoms with E-state index in [9.17, 15) is 9.90 Å². The number of phenolic OH excluding ortho intramolecular Hbond substituents is 1. The minimum absolute atomic E-state index is 0.136. The van der Waals surface area contributed by atoms with Crippen LogP contribution in [0, 0.1) is 11.3 Å². The Morgan fingerprint density at radius 1 is 1.44 bits per heavy atom. The third-order valence-corrected chi connectivity index (χ3v) is 2.30. The van der Waals surface area contributed by atoms with Gasteiger partial charge in [0.1, 0.15) is 11.8 Å². The second-order valence-corrected chi connectivity index (χ2v) is 3.79. The van der Waals surface area contributed by atoms with E-state index < -0.39 is 5.97 Å². The molecule has 0 radical (unpaired) electrons. The lowest BCUT2D eigenvalue weighted by molar-refractivity contribution is -0.213. The molecule has 0 saturated carbocycles. The van der Waals surface area contributed by atoms with E-state index in [1.807, 2.05) is 13.0 Å². The molecular formula is C13H15NO4. The molecule has 0 aliphatic heterocycles. The molecule has 0 aliphatic carbocycles. The number of phenols is 1. The molecule has 0 aliphatic rings. The molecule has 1 aromatic rings. The molecule has 1 aromatic carbocycles. The quantitative estimate of drug-likeness (QED) is 0.476. The van der Waals surface area contributed by atoms with E-state index in [1.165, 1.54) is 18.2 Å². The predicted molar refractivity (Wildman–Crippen MR) is 63.7 cm³/mol. The average molecular weight is 249 g/mol. The van der Waals surface area contributed by atoms with Crippen LogP contribution in [-0.4, -0.2) is 11.1 Å². The van der Waals surface area contributed by atoms with Gasteiger partial charge in [-0.15, -0.1) is 0 Å². The largest absolute Gasteiger partial charge is 0.506 e. The maximum absolute atomic E-state index is 11.2. The molecule has 0 saturated heterocycles. The second kappa shape index (κ2) is 7.17. The SMILES string of the molecule is CCCCCC(=O)OOc1ccc(C#N)c(O)c1. The highest BCUT2D eigenvalue weighted by atomic mass is 17.2. The fourth-order valence-electron chi connectivity index (χ4n) is 1.31. The number of aromatic hydroxyl groups is 1. The van der Waals surface area contributed by atoms with Gasteiger partial charge in [-0.05, 0) is 18.6 Å². The van der Waals surface area contributed by atoms with Crippen molar-refractivity contribution in [1.82, 2.24) is 0 Å². The number of benzene rings is 1. The highest BCUT2D eigenvalue weighted by molar-refractivity contribution is 5.68. The molecule has 0 aromatic heterocycles. The van der Waals surface area contributed by atoms with Crippen LogP contribution in [0.4, 0.5) is 0 Å². The number of carbonyl (C=O) groups excluding carboxylic acids is 1. The molecule has 5 heteroatoms. The lowest BCUT2D eigenvalue weighted by atomic mass is 10.2. The van der Waals surface area contributed by atoms with Crippen molar-refractivity contribution in [2.75, 3.05) is 0 Å². The Balaban J connectivity index is 2.42. The van der Waals surface area contributed by atoms with Gasteiger partial charge in [0.05, 0.1) is 12.0 Å². The van der Waals surface area contributed by atoms with Gasteiger partial charge in [-0.1, -0.05) is 19.8 Å². The predicted octanol–water partition coefficient (Wildman–Crippen LogP) is 2.68. The zero-order valence-electron chi connectivity index (χ0n) is 10.2. The van der Waals surface area contributed by atoms with Crippen LogP contribution in [0.15, 0.2) is 18.2 Å². The minimum Gasteiger partial charge on any atom is -0.506 e. The van der Waals surface area contributed by atoms with Gasteiger partial charge in [-0.3, -0.25) is 9.78 Å². The molecule has 0 heterocycles. The van der Waals surface area contributed by atoms with E-state index in [0.717, 1.165) is 19.3 Å². The Morgan fingerprint density at radius 2 is 2.22 bits per heavy atom. The molecule has 0 fully saturated rings. The highest BCUT2D eigenvalue weighted by Gasteiger charge is 2.07. The van der Waals surface area contributed by atoms with Gasteiger partial charge < -0.3 is 5.11 Å². The van der Waals surface area contributed by atoms with E-state index in [1.54, 1.807) is 0 Å². The third kappa shape index (κ3) is 4.34. The first-order valence-corrected chi connectivity index (χ1v) is 5.77. The van der Waals surface area contributed by atoms with Crippen molar-refractivity contribution in [2.24, 2.45) is 0 Å².